The lowest BCUT2D eigenvalue weighted by Gasteiger charge is -2.06. The Bertz CT molecular complexity index is 954. The molecule has 0 aliphatic carbocycles. The first kappa shape index (κ1) is 18.4. The number of halogens is 3. The molecule has 0 radical (unpaired) electrons. The minimum absolute atomic E-state index is 0.440. The third-order valence-corrected chi connectivity index (χ3v) is 6.80. The molecule has 3 heterocycles. The molecule has 0 bridgehead atoms. The molecule has 1 saturated heterocycles. The summed E-state index contributed by atoms with van der Waals surface area (Å²) in [6, 6.07) is 5.27. The van der Waals surface area contributed by atoms with Crippen LogP contribution >= 0.6 is 23.5 Å². The topological polar surface area (TPSA) is 52.0 Å². The number of thioether (sulfide) groups is 2. The number of hydrogen-bond acceptors (Lipinski definition) is 5. The van der Waals surface area contributed by atoms with E-state index in [0.29, 0.717) is 28.3 Å². The Balaban J connectivity index is 1.90. The molecule has 1 spiro atoms. The van der Waals surface area contributed by atoms with Crippen molar-refractivity contribution in [2.45, 2.75) is 24.4 Å². The highest BCUT2D eigenvalue weighted by Crippen LogP contribution is 2.50. The van der Waals surface area contributed by atoms with Crippen molar-refractivity contribution in [1.29, 1.82) is 0 Å². The zero-order valence-corrected chi connectivity index (χ0v) is 16.3. The summed E-state index contributed by atoms with van der Waals surface area (Å²) in [7, 11) is 1.68. The molecule has 142 valence electrons. The van der Waals surface area contributed by atoms with Crippen LogP contribution in [0.1, 0.15) is 25.0 Å². The molecule has 4 rings (SSSR count). The van der Waals surface area contributed by atoms with Gasteiger partial charge in [0.1, 0.15) is 11.8 Å². The second-order valence-electron chi connectivity index (χ2n) is 5.85. The molecule has 3 aliphatic heterocycles. The average Bonchev–Trinajstić information content (AvgIpc) is 3.21. The standard InChI is InChI=1S/C16H15F3N5OS2/c1-4-25-14-22-24-12(10-6-5-7-11(8-10)15(17,18)19)9(2)23-16(24,27-14)26-13(20-3)21-23/h5-8H,4H2,1-3H3/q+1/p+1. The van der Waals surface area contributed by atoms with Crippen molar-refractivity contribution in [3.05, 3.63) is 35.4 Å². The first-order valence-corrected chi connectivity index (χ1v) is 9.75. The molecule has 6 nitrogen and oxygen atoms in total. The maximum absolute atomic E-state index is 13.2. The van der Waals surface area contributed by atoms with E-state index in [1.165, 1.54) is 29.6 Å². The summed E-state index contributed by atoms with van der Waals surface area (Å²) in [5.41, 5.74) is 4.29. The maximum atomic E-state index is 13.2. The minimum Gasteiger partial charge on any atom is -0.469 e. The van der Waals surface area contributed by atoms with Gasteiger partial charge in [-0.3, -0.25) is 4.99 Å². The summed E-state index contributed by atoms with van der Waals surface area (Å²) in [5, 5.41) is 5.70. The van der Waals surface area contributed by atoms with Crippen LogP contribution < -0.4 is 5.43 Å². The number of alkyl halides is 3. The highest BCUT2D eigenvalue weighted by Gasteiger charge is 2.75. The number of hydrazone groups is 2. The Hall–Kier alpha value is -2.01. The maximum Gasteiger partial charge on any atom is 0.522 e. The SMILES string of the molecule is CCOC1=N[N+]2=C(c3cccc(C(F)(F)F)c3)C(C)=[N+]3NC(=NC)SC23S1. The number of aliphatic imine (C=N–C) groups is 1. The van der Waals surface area contributed by atoms with E-state index < -0.39 is 16.1 Å². The van der Waals surface area contributed by atoms with E-state index in [-0.39, 0.29) is 0 Å². The summed E-state index contributed by atoms with van der Waals surface area (Å²) in [4.78, 5) is 4.20. The molecule has 1 fully saturated rings. The molecule has 1 aromatic carbocycles. The van der Waals surface area contributed by atoms with Crippen molar-refractivity contribution in [1.82, 2.24) is 5.43 Å². The fourth-order valence-corrected chi connectivity index (χ4v) is 5.69. The van der Waals surface area contributed by atoms with E-state index in [9.17, 15) is 13.2 Å². The first-order valence-electron chi connectivity index (χ1n) is 8.12. The molecular weight excluding hydrogens is 399 g/mol. The van der Waals surface area contributed by atoms with Crippen LogP contribution in [-0.2, 0) is 10.9 Å². The van der Waals surface area contributed by atoms with E-state index in [1.807, 2.05) is 18.5 Å². The molecule has 11 heteroatoms. The van der Waals surface area contributed by atoms with Gasteiger partial charge in [0.05, 0.1) is 34.6 Å². The first-order chi connectivity index (χ1) is 12.8. The molecular formula is C16H16F3N5OS2+2. The molecule has 1 aromatic rings. The number of amidine groups is 1. The average molecular weight is 415 g/mol. The molecule has 0 amide bonds. The summed E-state index contributed by atoms with van der Waals surface area (Å²) in [6.45, 7) is 4.15. The zero-order chi connectivity index (χ0) is 19.4. The van der Waals surface area contributed by atoms with Gasteiger partial charge in [-0.2, -0.15) is 13.2 Å². The highest BCUT2D eigenvalue weighted by molar-refractivity contribution is 8.30. The van der Waals surface area contributed by atoms with E-state index in [0.717, 1.165) is 17.8 Å². The van der Waals surface area contributed by atoms with Gasteiger partial charge in [0, 0.05) is 18.7 Å². The summed E-state index contributed by atoms with van der Waals surface area (Å²) < 4.78 is 48.0. The van der Waals surface area contributed by atoms with Crippen LogP contribution in [0.5, 0.6) is 0 Å². The summed E-state index contributed by atoms with van der Waals surface area (Å²) >= 11 is 2.83. The largest absolute Gasteiger partial charge is 0.522 e. The fourth-order valence-electron chi connectivity index (χ4n) is 3.09. The quantitative estimate of drug-likeness (QED) is 0.755. The number of rotatable bonds is 2. The Kier molecular flexibility index (Phi) is 4.26. The Labute approximate surface area is 161 Å². The summed E-state index contributed by atoms with van der Waals surface area (Å²) in [6.07, 6.45) is -4.41. The van der Waals surface area contributed by atoms with Crippen molar-refractivity contribution in [3.63, 3.8) is 0 Å². The van der Waals surface area contributed by atoms with Crippen LogP contribution in [-0.4, -0.2) is 49.2 Å². The third kappa shape index (κ3) is 2.75. The monoisotopic (exact) mass is 415 g/mol. The van der Waals surface area contributed by atoms with Gasteiger partial charge in [-0.15, -0.1) is 5.43 Å². The van der Waals surface area contributed by atoms with Gasteiger partial charge >= 0.3 is 21.4 Å². The van der Waals surface area contributed by atoms with Gasteiger partial charge in [-0.1, -0.05) is 6.07 Å². The molecule has 3 aliphatic rings. The van der Waals surface area contributed by atoms with Gasteiger partial charge < -0.3 is 4.74 Å². The predicted molar refractivity (Wildman–Crippen MR) is 100 cm³/mol. The van der Waals surface area contributed by atoms with Gasteiger partial charge in [0.2, 0.25) is 5.17 Å². The molecule has 0 saturated carbocycles. The van der Waals surface area contributed by atoms with Gasteiger partial charge in [0.25, 0.3) is 5.71 Å². The lowest BCUT2D eigenvalue weighted by molar-refractivity contribution is -0.766. The smallest absolute Gasteiger partial charge is 0.469 e. The predicted octanol–water partition coefficient (Wildman–Crippen LogP) is 2.90. The van der Waals surface area contributed by atoms with Gasteiger partial charge in [0.15, 0.2) is 0 Å². The molecule has 0 aromatic heterocycles. The van der Waals surface area contributed by atoms with Crippen LogP contribution in [0.3, 0.4) is 0 Å². The van der Waals surface area contributed by atoms with Crippen molar-refractivity contribution in [2.75, 3.05) is 13.7 Å². The molecule has 27 heavy (non-hydrogen) atoms. The van der Waals surface area contributed by atoms with Gasteiger partial charge in [-0.05, 0) is 29.8 Å². The Morgan fingerprint density at radius 1 is 1.33 bits per heavy atom. The number of hydrogen-bond donors (Lipinski definition) is 1. The Morgan fingerprint density at radius 3 is 2.78 bits per heavy atom. The third-order valence-electron chi connectivity index (χ3n) is 4.21. The van der Waals surface area contributed by atoms with Crippen LogP contribution in [0.4, 0.5) is 13.2 Å². The molecule has 1 unspecified atom stereocenters. The summed E-state index contributed by atoms with van der Waals surface area (Å²) in [5.74, 6) is 0. The van der Waals surface area contributed by atoms with Crippen molar-refractivity contribution in [3.8, 4) is 0 Å². The van der Waals surface area contributed by atoms with Crippen LogP contribution in [0, 0.1) is 0 Å². The second kappa shape index (κ2) is 6.26. The van der Waals surface area contributed by atoms with E-state index in [2.05, 4.69) is 15.5 Å². The van der Waals surface area contributed by atoms with Crippen molar-refractivity contribution < 1.29 is 27.3 Å². The zero-order valence-electron chi connectivity index (χ0n) is 14.7. The van der Waals surface area contributed by atoms with Crippen LogP contribution in [0.25, 0.3) is 0 Å². The van der Waals surface area contributed by atoms with Crippen molar-refractivity contribution in [2.24, 2.45) is 10.1 Å². The number of nitrogens with zero attached hydrogens (tertiary/aromatic N) is 4. The van der Waals surface area contributed by atoms with Crippen LogP contribution in [0.15, 0.2) is 34.4 Å². The number of hydrazine groups is 1. The van der Waals surface area contributed by atoms with Crippen LogP contribution in [0.2, 0.25) is 0 Å². The van der Waals surface area contributed by atoms with E-state index in [1.54, 1.807) is 17.8 Å². The Morgan fingerprint density at radius 2 is 2.11 bits per heavy atom. The van der Waals surface area contributed by atoms with Gasteiger partial charge in [-0.25, -0.2) is 0 Å². The molecule has 1 atom stereocenters. The highest BCUT2D eigenvalue weighted by atomic mass is 32.2. The van der Waals surface area contributed by atoms with Crippen molar-refractivity contribution >= 4 is 45.3 Å². The number of benzene rings is 1. The lowest BCUT2D eigenvalue weighted by atomic mass is 10.0. The fraction of sp³-hybridized carbons (Fsp3) is 0.375. The lowest BCUT2D eigenvalue weighted by Crippen LogP contribution is -2.39. The minimum atomic E-state index is -4.41. The molecule has 1 N–H and O–H groups in total. The number of ether oxygens (including phenoxy) is 1. The second-order valence-corrected chi connectivity index (χ2v) is 8.39. The number of nitrogens with one attached hydrogen (secondary N) is 1. The normalized spacial score (nSPS) is 25.7. The van der Waals surface area contributed by atoms with E-state index in [4.69, 9.17) is 4.74 Å². The van der Waals surface area contributed by atoms with E-state index >= 15 is 0 Å².